The van der Waals surface area contributed by atoms with Crippen LogP contribution >= 0.6 is 0 Å². The molecule has 2 rings (SSSR count). The lowest BCUT2D eigenvalue weighted by atomic mass is 9.93. The van der Waals surface area contributed by atoms with Gasteiger partial charge in [0.2, 0.25) is 0 Å². The Labute approximate surface area is 187 Å². The number of hydrogen-bond acceptors (Lipinski definition) is 7. The van der Waals surface area contributed by atoms with Crippen molar-refractivity contribution in [1.29, 1.82) is 0 Å². The van der Waals surface area contributed by atoms with E-state index in [9.17, 15) is 9.90 Å². The number of piperidine rings is 1. The van der Waals surface area contributed by atoms with E-state index in [4.69, 9.17) is 9.47 Å². The first-order valence-electron chi connectivity index (χ1n) is 11.2. The number of rotatable bonds is 12. The normalized spacial score (nSPS) is 17.0. The van der Waals surface area contributed by atoms with Gasteiger partial charge in [0.15, 0.2) is 0 Å². The SMILES string of the molecule is COC(=O)C1CCN(CC(O)COc2ccc(CNCC(C)(C)CN(C)C)cc2)CC1. The van der Waals surface area contributed by atoms with Crippen molar-refractivity contribution >= 4 is 5.97 Å². The van der Waals surface area contributed by atoms with Crippen LogP contribution in [0.25, 0.3) is 0 Å². The van der Waals surface area contributed by atoms with Crippen LogP contribution in [0, 0.1) is 11.3 Å². The average Bonchev–Trinajstić information content (AvgIpc) is 2.72. The summed E-state index contributed by atoms with van der Waals surface area (Å²) in [6.45, 7) is 9.75. The van der Waals surface area contributed by atoms with Crippen molar-refractivity contribution in [3.05, 3.63) is 29.8 Å². The van der Waals surface area contributed by atoms with Gasteiger partial charge in [0.05, 0.1) is 13.0 Å². The molecule has 0 aliphatic carbocycles. The van der Waals surface area contributed by atoms with E-state index >= 15 is 0 Å². The van der Waals surface area contributed by atoms with Crippen molar-refractivity contribution in [3.8, 4) is 5.75 Å². The molecule has 1 heterocycles. The number of β-amino-alcohol motifs (C(OH)–C–C–N with tert-alkyl or cyclic N) is 1. The van der Waals surface area contributed by atoms with E-state index in [1.165, 1.54) is 12.7 Å². The smallest absolute Gasteiger partial charge is 0.308 e. The maximum atomic E-state index is 11.6. The summed E-state index contributed by atoms with van der Waals surface area (Å²) >= 11 is 0. The van der Waals surface area contributed by atoms with Crippen LogP contribution in [0.1, 0.15) is 32.3 Å². The fourth-order valence-electron chi connectivity index (χ4n) is 4.22. The molecule has 2 N–H and O–H groups in total. The molecule has 1 aromatic carbocycles. The minimum Gasteiger partial charge on any atom is -0.491 e. The van der Waals surface area contributed by atoms with E-state index in [1.807, 2.05) is 12.1 Å². The fraction of sp³-hybridized carbons (Fsp3) is 0.708. The van der Waals surface area contributed by atoms with E-state index in [0.717, 1.165) is 51.3 Å². The summed E-state index contributed by atoms with van der Waals surface area (Å²) in [5.74, 6) is 0.626. The van der Waals surface area contributed by atoms with Crippen LogP contribution in [-0.4, -0.2) is 87.5 Å². The van der Waals surface area contributed by atoms with Gasteiger partial charge in [0.25, 0.3) is 0 Å². The molecular formula is C24H41N3O4. The number of benzene rings is 1. The maximum absolute atomic E-state index is 11.6. The quantitative estimate of drug-likeness (QED) is 0.487. The zero-order valence-electron chi connectivity index (χ0n) is 19.9. The third-order valence-electron chi connectivity index (χ3n) is 5.63. The number of nitrogens with one attached hydrogen (secondary N) is 1. The average molecular weight is 436 g/mol. The van der Waals surface area contributed by atoms with Gasteiger partial charge in [-0.2, -0.15) is 0 Å². The first kappa shape index (κ1) is 25.6. The molecule has 1 aliphatic rings. The van der Waals surface area contributed by atoms with Crippen molar-refractivity contribution in [2.45, 2.75) is 39.3 Å². The summed E-state index contributed by atoms with van der Waals surface area (Å²) in [6, 6.07) is 8.03. The van der Waals surface area contributed by atoms with Crippen molar-refractivity contribution in [2.75, 3.05) is 60.5 Å². The van der Waals surface area contributed by atoms with Gasteiger partial charge in [0, 0.05) is 26.2 Å². The molecule has 1 saturated heterocycles. The van der Waals surface area contributed by atoms with Crippen molar-refractivity contribution < 1.29 is 19.4 Å². The van der Waals surface area contributed by atoms with Crippen LogP contribution in [0.3, 0.4) is 0 Å². The third-order valence-corrected chi connectivity index (χ3v) is 5.63. The van der Waals surface area contributed by atoms with Gasteiger partial charge in [-0.1, -0.05) is 26.0 Å². The molecule has 1 atom stereocenters. The van der Waals surface area contributed by atoms with Crippen molar-refractivity contribution in [1.82, 2.24) is 15.1 Å². The number of esters is 1. The van der Waals surface area contributed by atoms with Crippen LogP contribution in [0.5, 0.6) is 5.75 Å². The molecule has 176 valence electrons. The molecule has 0 saturated carbocycles. The molecule has 0 radical (unpaired) electrons. The number of aliphatic hydroxyl groups is 1. The lowest BCUT2D eigenvalue weighted by molar-refractivity contribution is -0.147. The Kier molecular flexibility index (Phi) is 10.2. The highest BCUT2D eigenvalue weighted by Crippen LogP contribution is 2.19. The molecule has 7 nitrogen and oxygen atoms in total. The summed E-state index contributed by atoms with van der Waals surface area (Å²) in [7, 11) is 5.64. The highest BCUT2D eigenvalue weighted by Gasteiger charge is 2.26. The largest absolute Gasteiger partial charge is 0.491 e. The van der Waals surface area contributed by atoms with Crippen LogP contribution in [0.4, 0.5) is 0 Å². The molecular weight excluding hydrogens is 394 g/mol. The number of aliphatic hydroxyl groups excluding tert-OH is 1. The van der Waals surface area contributed by atoms with Crippen LogP contribution in [0.2, 0.25) is 0 Å². The van der Waals surface area contributed by atoms with Gasteiger partial charge >= 0.3 is 5.97 Å². The minimum absolute atomic E-state index is 0.0123. The lowest BCUT2D eigenvalue weighted by Gasteiger charge is -2.31. The molecule has 1 fully saturated rings. The van der Waals surface area contributed by atoms with E-state index < -0.39 is 6.10 Å². The number of methoxy groups -OCH3 is 1. The predicted octanol–water partition coefficient (Wildman–Crippen LogP) is 1.99. The topological polar surface area (TPSA) is 74.3 Å². The first-order valence-corrected chi connectivity index (χ1v) is 11.2. The molecule has 31 heavy (non-hydrogen) atoms. The number of carbonyl (C=O) groups is 1. The molecule has 1 aromatic rings. The molecule has 1 unspecified atom stereocenters. The highest BCUT2D eigenvalue weighted by atomic mass is 16.5. The van der Waals surface area contributed by atoms with Gasteiger partial charge in [0.1, 0.15) is 18.5 Å². The van der Waals surface area contributed by atoms with Crippen LogP contribution in [-0.2, 0) is 16.1 Å². The predicted molar refractivity (Wildman–Crippen MR) is 123 cm³/mol. The molecule has 1 aliphatic heterocycles. The second kappa shape index (κ2) is 12.4. The highest BCUT2D eigenvalue weighted by molar-refractivity contribution is 5.72. The Balaban J connectivity index is 1.66. The van der Waals surface area contributed by atoms with Gasteiger partial charge in [-0.05, 0) is 63.1 Å². The maximum Gasteiger partial charge on any atom is 0.308 e. The molecule has 7 heteroatoms. The zero-order valence-corrected chi connectivity index (χ0v) is 19.9. The van der Waals surface area contributed by atoms with Crippen molar-refractivity contribution in [3.63, 3.8) is 0 Å². The number of nitrogens with zero attached hydrogens (tertiary/aromatic N) is 2. The first-order chi connectivity index (χ1) is 14.7. The Morgan fingerprint density at radius 2 is 1.90 bits per heavy atom. The summed E-state index contributed by atoms with van der Waals surface area (Å²) < 4.78 is 10.6. The summed E-state index contributed by atoms with van der Waals surface area (Å²) in [6.07, 6.45) is 0.999. The second-order valence-corrected chi connectivity index (χ2v) is 9.71. The van der Waals surface area contributed by atoms with Gasteiger partial charge < -0.3 is 29.7 Å². The van der Waals surface area contributed by atoms with Gasteiger partial charge in [-0.25, -0.2) is 0 Å². The van der Waals surface area contributed by atoms with Crippen LogP contribution < -0.4 is 10.1 Å². The molecule has 0 bridgehead atoms. The van der Waals surface area contributed by atoms with Gasteiger partial charge in [-0.15, -0.1) is 0 Å². The third kappa shape index (κ3) is 9.56. The number of carbonyl (C=O) groups excluding carboxylic acids is 1. The molecule has 0 amide bonds. The van der Waals surface area contributed by atoms with E-state index in [-0.39, 0.29) is 23.9 Å². The Bertz CT molecular complexity index is 655. The summed E-state index contributed by atoms with van der Waals surface area (Å²) in [5, 5.41) is 13.9. The Hall–Kier alpha value is -1.67. The van der Waals surface area contributed by atoms with E-state index in [1.54, 1.807) is 0 Å². The minimum atomic E-state index is -0.560. The van der Waals surface area contributed by atoms with Crippen molar-refractivity contribution in [2.24, 2.45) is 11.3 Å². The van der Waals surface area contributed by atoms with Crippen LogP contribution in [0.15, 0.2) is 24.3 Å². The van der Waals surface area contributed by atoms with E-state index in [0.29, 0.717) is 6.54 Å². The number of hydrogen-bond donors (Lipinski definition) is 2. The summed E-state index contributed by atoms with van der Waals surface area (Å²) in [5.41, 5.74) is 1.43. The van der Waals surface area contributed by atoms with E-state index in [2.05, 4.69) is 55.2 Å². The summed E-state index contributed by atoms with van der Waals surface area (Å²) in [4.78, 5) is 16.0. The second-order valence-electron chi connectivity index (χ2n) is 9.71. The van der Waals surface area contributed by atoms with Gasteiger partial charge in [-0.3, -0.25) is 4.79 Å². The fourth-order valence-corrected chi connectivity index (χ4v) is 4.22. The number of ether oxygens (including phenoxy) is 2. The lowest BCUT2D eigenvalue weighted by Crippen LogP contribution is -2.42. The molecule has 0 spiro atoms. The molecule has 0 aromatic heterocycles. The zero-order chi connectivity index (χ0) is 22.9. The monoisotopic (exact) mass is 435 g/mol. The standard InChI is InChI=1S/C24H41N3O4/c1-24(2,18-26(3)4)17-25-14-19-6-8-22(9-7-19)31-16-21(28)15-27-12-10-20(11-13-27)23(29)30-5/h6-9,20-21,25,28H,10-18H2,1-5H3. The number of likely N-dealkylation sites (tertiary alicyclic amines) is 1. The Morgan fingerprint density at radius 3 is 2.48 bits per heavy atom. The Morgan fingerprint density at radius 1 is 1.26 bits per heavy atom.